The molecule has 2 fully saturated rings. The summed E-state index contributed by atoms with van der Waals surface area (Å²) in [5.41, 5.74) is 0.534. The molecule has 0 radical (unpaired) electrons. The van der Waals surface area contributed by atoms with Crippen LogP contribution in [0.4, 0.5) is 0 Å². The summed E-state index contributed by atoms with van der Waals surface area (Å²) in [5, 5.41) is 2.68. The lowest BCUT2D eigenvalue weighted by Gasteiger charge is -2.44. The van der Waals surface area contributed by atoms with Crippen LogP contribution in [0.25, 0.3) is 0 Å². The Morgan fingerprint density at radius 1 is 1.15 bits per heavy atom. The first-order valence-corrected chi connectivity index (χ1v) is 8.67. The third-order valence-corrected chi connectivity index (χ3v) is 5.19. The molecule has 2 rings (SSSR count). The molecule has 118 valence electrons. The van der Waals surface area contributed by atoms with Crippen molar-refractivity contribution < 1.29 is 15.0 Å². The second-order valence-corrected chi connectivity index (χ2v) is 8.26. The Kier molecular flexibility index (Phi) is 5.49. The predicted octanol–water partition coefficient (Wildman–Crippen LogP) is 0.602. The summed E-state index contributed by atoms with van der Waals surface area (Å²) in [4.78, 5) is 1.58. The molecule has 0 bridgehead atoms. The molecule has 20 heavy (non-hydrogen) atoms. The Labute approximate surface area is 125 Å². The van der Waals surface area contributed by atoms with Gasteiger partial charge in [0.25, 0.3) is 0 Å². The summed E-state index contributed by atoms with van der Waals surface area (Å²) in [6.45, 7) is 8.07. The molecule has 0 aromatic heterocycles. The zero-order chi connectivity index (χ0) is 14.6. The first kappa shape index (κ1) is 16.3. The van der Waals surface area contributed by atoms with Gasteiger partial charge < -0.3 is 15.0 Å². The molecule has 1 atom stereocenters. The van der Waals surface area contributed by atoms with Crippen molar-refractivity contribution in [3.8, 4) is 0 Å². The van der Waals surface area contributed by atoms with Crippen LogP contribution in [0, 0.1) is 5.41 Å². The molecule has 0 spiro atoms. The second-order valence-electron chi connectivity index (χ2n) is 8.26. The molecular formula is C17H36N2O+2. The summed E-state index contributed by atoms with van der Waals surface area (Å²) in [6, 6.07) is 0.892. The van der Waals surface area contributed by atoms with Crippen LogP contribution in [0.3, 0.4) is 0 Å². The van der Waals surface area contributed by atoms with E-state index in [1.165, 1.54) is 58.0 Å². The third kappa shape index (κ3) is 4.71. The van der Waals surface area contributed by atoms with Crippen molar-refractivity contribution >= 4 is 0 Å². The molecule has 0 aromatic rings. The molecule has 1 aliphatic carbocycles. The second kappa shape index (κ2) is 6.76. The Balaban J connectivity index is 1.95. The van der Waals surface area contributed by atoms with Crippen molar-refractivity contribution in [2.24, 2.45) is 5.41 Å². The molecule has 1 aliphatic heterocycles. The monoisotopic (exact) mass is 284 g/mol. The average Bonchev–Trinajstić information content (AvgIpc) is 2.36. The van der Waals surface area contributed by atoms with Gasteiger partial charge in [0.2, 0.25) is 0 Å². The van der Waals surface area contributed by atoms with Gasteiger partial charge in [0.05, 0.1) is 44.2 Å². The number of rotatable bonds is 5. The first-order chi connectivity index (χ1) is 9.41. The van der Waals surface area contributed by atoms with E-state index in [2.05, 4.69) is 33.3 Å². The summed E-state index contributed by atoms with van der Waals surface area (Å²) < 4.78 is 5.97. The van der Waals surface area contributed by atoms with E-state index in [1.54, 1.807) is 4.90 Å². The molecule has 3 nitrogen and oxygen atoms in total. The van der Waals surface area contributed by atoms with Crippen molar-refractivity contribution in [2.75, 3.05) is 33.8 Å². The highest BCUT2D eigenvalue weighted by Gasteiger charge is 2.44. The van der Waals surface area contributed by atoms with Gasteiger partial charge in [-0.3, -0.25) is 0 Å². The Hall–Kier alpha value is -0.120. The van der Waals surface area contributed by atoms with E-state index < -0.39 is 0 Å². The lowest BCUT2D eigenvalue weighted by atomic mass is 9.73. The summed E-state index contributed by atoms with van der Waals surface area (Å²) in [6.07, 6.45) is 9.68. The highest BCUT2D eigenvalue weighted by Crippen LogP contribution is 2.37. The van der Waals surface area contributed by atoms with E-state index in [0.29, 0.717) is 5.41 Å². The van der Waals surface area contributed by atoms with Gasteiger partial charge in [0.15, 0.2) is 0 Å². The maximum atomic E-state index is 5.97. The molecule has 1 saturated carbocycles. The fourth-order valence-electron chi connectivity index (χ4n) is 4.52. The number of ether oxygens (including phenoxy) is 1. The number of hydrogen-bond acceptors (Lipinski definition) is 1. The van der Waals surface area contributed by atoms with Crippen molar-refractivity contribution in [3.05, 3.63) is 0 Å². The van der Waals surface area contributed by atoms with Gasteiger partial charge >= 0.3 is 0 Å². The van der Waals surface area contributed by atoms with E-state index in [4.69, 9.17) is 4.74 Å². The molecule has 0 amide bonds. The van der Waals surface area contributed by atoms with Crippen LogP contribution in [-0.2, 0) is 4.74 Å². The minimum atomic E-state index is 0.0636. The zero-order valence-electron chi connectivity index (χ0n) is 14.1. The highest BCUT2D eigenvalue weighted by molar-refractivity contribution is 4.89. The standard InChI is InChI=1S/C17H34N2O/c1-16(2)12-17(10-11-20-16,14-19(3)4)13-18-15-8-6-5-7-9-15/h15,18H,5-14H2,1-4H3/p+2/t17-/m0/s1. The Morgan fingerprint density at radius 2 is 1.85 bits per heavy atom. The van der Waals surface area contributed by atoms with Gasteiger partial charge in [0.1, 0.15) is 0 Å². The molecule has 3 heteroatoms. The molecule has 0 unspecified atom stereocenters. The van der Waals surface area contributed by atoms with Gasteiger partial charge in [-0.05, 0) is 52.4 Å². The number of nitrogens with two attached hydrogens (primary N) is 1. The van der Waals surface area contributed by atoms with Crippen LogP contribution >= 0.6 is 0 Å². The smallest absolute Gasteiger partial charge is 0.0880 e. The molecule has 1 saturated heterocycles. The zero-order valence-corrected chi connectivity index (χ0v) is 14.1. The van der Waals surface area contributed by atoms with Crippen LogP contribution in [0.15, 0.2) is 0 Å². The molecule has 0 aromatic carbocycles. The van der Waals surface area contributed by atoms with Crippen LogP contribution < -0.4 is 10.2 Å². The molecule has 3 N–H and O–H groups in total. The highest BCUT2D eigenvalue weighted by atomic mass is 16.5. The maximum Gasteiger partial charge on any atom is 0.0880 e. The summed E-state index contributed by atoms with van der Waals surface area (Å²) in [5.74, 6) is 0. The van der Waals surface area contributed by atoms with Crippen molar-refractivity contribution in [1.82, 2.24) is 0 Å². The third-order valence-electron chi connectivity index (χ3n) is 5.19. The minimum absolute atomic E-state index is 0.0636. The molecular weight excluding hydrogens is 248 g/mol. The predicted molar refractivity (Wildman–Crippen MR) is 83.0 cm³/mol. The Morgan fingerprint density at radius 3 is 2.45 bits per heavy atom. The van der Waals surface area contributed by atoms with Crippen molar-refractivity contribution in [2.45, 2.75) is 70.4 Å². The van der Waals surface area contributed by atoms with Gasteiger partial charge in [-0.2, -0.15) is 0 Å². The van der Waals surface area contributed by atoms with Crippen molar-refractivity contribution in [3.63, 3.8) is 0 Å². The van der Waals surface area contributed by atoms with Gasteiger partial charge in [0, 0.05) is 6.61 Å². The lowest BCUT2D eigenvalue weighted by Crippen LogP contribution is -3.08. The van der Waals surface area contributed by atoms with E-state index in [1.807, 2.05) is 0 Å². The van der Waals surface area contributed by atoms with Crippen LogP contribution in [0.2, 0.25) is 0 Å². The maximum absolute atomic E-state index is 5.97. The fourth-order valence-corrected chi connectivity index (χ4v) is 4.52. The normalized spacial score (nSPS) is 31.6. The van der Waals surface area contributed by atoms with E-state index >= 15 is 0 Å². The van der Waals surface area contributed by atoms with Gasteiger partial charge in [-0.1, -0.05) is 6.42 Å². The molecule has 2 aliphatic rings. The van der Waals surface area contributed by atoms with Crippen molar-refractivity contribution in [1.29, 1.82) is 0 Å². The van der Waals surface area contributed by atoms with E-state index in [9.17, 15) is 0 Å². The fraction of sp³-hybridized carbons (Fsp3) is 1.00. The SMILES string of the molecule is C[NH+](C)C[C@@]1(C[NH2+]C2CCCCC2)CCOC(C)(C)C1. The van der Waals surface area contributed by atoms with E-state index in [0.717, 1.165) is 12.6 Å². The van der Waals surface area contributed by atoms with Crippen LogP contribution in [-0.4, -0.2) is 45.4 Å². The minimum Gasteiger partial charge on any atom is -0.376 e. The summed E-state index contributed by atoms with van der Waals surface area (Å²) >= 11 is 0. The van der Waals surface area contributed by atoms with Gasteiger partial charge in [-0.15, -0.1) is 0 Å². The van der Waals surface area contributed by atoms with Crippen LogP contribution in [0.1, 0.15) is 58.8 Å². The van der Waals surface area contributed by atoms with Gasteiger partial charge in [-0.25, -0.2) is 0 Å². The first-order valence-electron chi connectivity index (χ1n) is 8.67. The number of hydrogen-bond donors (Lipinski definition) is 2. The number of nitrogens with one attached hydrogen (secondary N) is 1. The number of quaternary nitrogens is 2. The Bertz CT molecular complexity index is 297. The van der Waals surface area contributed by atoms with E-state index in [-0.39, 0.29) is 5.60 Å². The lowest BCUT2D eigenvalue weighted by molar-refractivity contribution is -0.870. The van der Waals surface area contributed by atoms with Crippen LogP contribution in [0.5, 0.6) is 0 Å². The largest absolute Gasteiger partial charge is 0.376 e. The quantitative estimate of drug-likeness (QED) is 0.761. The summed E-state index contributed by atoms with van der Waals surface area (Å²) in [7, 11) is 4.59. The molecule has 1 heterocycles. The average molecular weight is 284 g/mol. The topological polar surface area (TPSA) is 30.3 Å².